The lowest BCUT2D eigenvalue weighted by Gasteiger charge is -2.20. The van der Waals surface area contributed by atoms with Crippen LogP contribution in [-0.4, -0.2) is 11.5 Å². The fraction of sp³-hybridized carbons (Fsp3) is 0.385. The zero-order chi connectivity index (χ0) is 12.0. The van der Waals surface area contributed by atoms with Crippen LogP contribution in [0.3, 0.4) is 0 Å². The monoisotopic (exact) mass is 252 g/mol. The molecule has 3 rings (SSSR count). The van der Waals surface area contributed by atoms with Gasteiger partial charge in [-0.25, -0.2) is 4.39 Å². The Balaban J connectivity index is 2.17. The summed E-state index contributed by atoms with van der Waals surface area (Å²) < 4.78 is 13.5. The number of aryl methyl sites for hydroxylation is 1. The topological polar surface area (TPSA) is 41.8 Å². The van der Waals surface area contributed by atoms with E-state index in [1.165, 1.54) is 17.3 Å². The lowest BCUT2D eigenvalue weighted by molar-refractivity contribution is 0.468. The molecule has 4 heteroatoms. The van der Waals surface area contributed by atoms with E-state index >= 15 is 0 Å². The second kappa shape index (κ2) is 4.00. The number of H-pyrrole nitrogens is 1. The summed E-state index contributed by atoms with van der Waals surface area (Å²) in [6.45, 7) is 0.697. The molecule has 0 radical (unpaired) electrons. The number of fused-ring (bicyclic) bond motifs is 3. The van der Waals surface area contributed by atoms with E-state index in [0.717, 1.165) is 30.2 Å². The summed E-state index contributed by atoms with van der Waals surface area (Å²) >= 11 is 5.79. The van der Waals surface area contributed by atoms with Crippen molar-refractivity contribution in [2.24, 2.45) is 11.7 Å². The highest BCUT2D eigenvalue weighted by Gasteiger charge is 2.22. The predicted molar refractivity (Wildman–Crippen MR) is 67.8 cm³/mol. The van der Waals surface area contributed by atoms with E-state index in [4.69, 9.17) is 17.3 Å². The molecule has 0 aliphatic heterocycles. The van der Waals surface area contributed by atoms with Crippen LogP contribution < -0.4 is 5.73 Å². The van der Waals surface area contributed by atoms with Crippen molar-refractivity contribution < 1.29 is 4.39 Å². The summed E-state index contributed by atoms with van der Waals surface area (Å²) in [7, 11) is 0. The van der Waals surface area contributed by atoms with Gasteiger partial charge in [0.25, 0.3) is 0 Å². The fourth-order valence-corrected chi connectivity index (χ4v) is 2.85. The van der Waals surface area contributed by atoms with Gasteiger partial charge in [-0.15, -0.1) is 0 Å². The van der Waals surface area contributed by atoms with E-state index in [-0.39, 0.29) is 10.8 Å². The van der Waals surface area contributed by atoms with Gasteiger partial charge in [0.1, 0.15) is 5.82 Å². The van der Waals surface area contributed by atoms with Crippen molar-refractivity contribution in [3.63, 3.8) is 0 Å². The van der Waals surface area contributed by atoms with Crippen LogP contribution in [-0.2, 0) is 12.8 Å². The number of halogens is 2. The van der Waals surface area contributed by atoms with Gasteiger partial charge in [-0.2, -0.15) is 0 Å². The van der Waals surface area contributed by atoms with Gasteiger partial charge in [0, 0.05) is 16.6 Å². The second-order valence-corrected chi connectivity index (χ2v) is 5.15. The molecule has 2 aromatic rings. The summed E-state index contributed by atoms with van der Waals surface area (Å²) in [5.74, 6) is 0.163. The number of nitrogens with one attached hydrogen (secondary N) is 1. The zero-order valence-corrected chi connectivity index (χ0v) is 10.1. The van der Waals surface area contributed by atoms with Crippen molar-refractivity contribution in [1.82, 2.24) is 4.98 Å². The highest BCUT2D eigenvalue weighted by Crippen LogP contribution is 2.33. The smallest absolute Gasteiger partial charge is 0.142 e. The third kappa shape index (κ3) is 1.74. The summed E-state index contributed by atoms with van der Waals surface area (Å²) in [5, 5.41) is 1.13. The normalized spacial score (nSPS) is 19.6. The average Bonchev–Trinajstić information content (AvgIpc) is 2.67. The van der Waals surface area contributed by atoms with E-state index in [1.54, 1.807) is 6.07 Å². The lowest BCUT2D eigenvalue weighted by Crippen LogP contribution is -2.21. The molecule has 0 amide bonds. The minimum atomic E-state index is -0.351. The van der Waals surface area contributed by atoms with Gasteiger partial charge in [-0.1, -0.05) is 11.6 Å². The first-order valence-electron chi connectivity index (χ1n) is 5.87. The van der Waals surface area contributed by atoms with Gasteiger partial charge in [0.15, 0.2) is 0 Å². The van der Waals surface area contributed by atoms with E-state index in [9.17, 15) is 4.39 Å². The Kier molecular flexibility index (Phi) is 2.60. The third-order valence-corrected chi connectivity index (χ3v) is 3.95. The summed E-state index contributed by atoms with van der Waals surface area (Å²) in [6, 6.07) is 3.20. The van der Waals surface area contributed by atoms with Gasteiger partial charge in [-0.05, 0) is 49.4 Å². The lowest BCUT2D eigenvalue weighted by atomic mass is 9.86. The van der Waals surface area contributed by atoms with Crippen molar-refractivity contribution in [3.05, 3.63) is 34.2 Å². The molecule has 1 aromatic carbocycles. The van der Waals surface area contributed by atoms with Gasteiger partial charge in [-0.3, -0.25) is 0 Å². The SMILES string of the molecule is NC[C@H]1CCc2[nH]c3cc(Cl)c(F)cc3c2C1. The van der Waals surface area contributed by atoms with Gasteiger partial charge in [0.2, 0.25) is 0 Å². The first kappa shape index (κ1) is 11.1. The van der Waals surface area contributed by atoms with Crippen LogP contribution in [0.4, 0.5) is 4.39 Å². The number of nitrogens with two attached hydrogens (primary N) is 1. The average molecular weight is 253 g/mol. The van der Waals surface area contributed by atoms with Crippen LogP contribution in [0.1, 0.15) is 17.7 Å². The van der Waals surface area contributed by atoms with Crippen molar-refractivity contribution in [3.8, 4) is 0 Å². The molecule has 2 nitrogen and oxygen atoms in total. The molecule has 1 atom stereocenters. The Hall–Kier alpha value is -1.06. The number of aromatic nitrogens is 1. The molecule has 90 valence electrons. The molecule has 0 bridgehead atoms. The van der Waals surface area contributed by atoms with Crippen molar-refractivity contribution in [2.75, 3.05) is 6.54 Å². The van der Waals surface area contributed by atoms with Crippen LogP contribution in [0, 0.1) is 11.7 Å². The Morgan fingerprint density at radius 3 is 3.06 bits per heavy atom. The number of aromatic amines is 1. The largest absolute Gasteiger partial charge is 0.358 e. The number of hydrogen-bond donors (Lipinski definition) is 2. The quantitative estimate of drug-likeness (QED) is 0.805. The standard InChI is InChI=1S/C13H14ClFN2/c14-10-5-13-9(4-11(10)15)8-3-7(6-16)1-2-12(8)17-13/h4-5,7,17H,1-3,6,16H2/t7-/m0/s1. The molecule has 0 fully saturated rings. The van der Waals surface area contributed by atoms with Crippen LogP contribution in [0.5, 0.6) is 0 Å². The van der Waals surface area contributed by atoms with Crippen LogP contribution in [0.2, 0.25) is 5.02 Å². The fourth-order valence-electron chi connectivity index (χ4n) is 2.69. The van der Waals surface area contributed by atoms with E-state index in [0.29, 0.717) is 12.5 Å². The van der Waals surface area contributed by atoms with Crippen molar-refractivity contribution in [1.29, 1.82) is 0 Å². The summed E-state index contributed by atoms with van der Waals surface area (Å²) in [4.78, 5) is 3.34. The molecule has 0 saturated heterocycles. The molecule has 0 saturated carbocycles. The minimum Gasteiger partial charge on any atom is -0.358 e. The van der Waals surface area contributed by atoms with E-state index in [2.05, 4.69) is 4.98 Å². The predicted octanol–water partition coefficient (Wildman–Crippen LogP) is 3.02. The Morgan fingerprint density at radius 2 is 2.29 bits per heavy atom. The second-order valence-electron chi connectivity index (χ2n) is 4.74. The maximum Gasteiger partial charge on any atom is 0.142 e. The number of hydrogen-bond acceptors (Lipinski definition) is 1. The van der Waals surface area contributed by atoms with E-state index < -0.39 is 0 Å². The Morgan fingerprint density at radius 1 is 1.47 bits per heavy atom. The molecular formula is C13H14ClFN2. The van der Waals surface area contributed by atoms with Crippen molar-refractivity contribution in [2.45, 2.75) is 19.3 Å². The van der Waals surface area contributed by atoms with Crippen LogP contribution >= 0.6 is 11.6 Å². The highest BCUT2D eigenvalue weighted by atomic mass is 35.5. The molecule has 1 aromatic heterocycles. The molecule has 1 aliphatic carbocycles. The summed E-state index contributed by atoms with van der Waals surface area (Å²) in [5.41, 5.74) is 9.09. The Bertz CT molecular complexity index is 576. The third-order valence-electron chi connectivity index (χ3n) is 3.66. The molecule has 17 heavy (non-hydrogen) atoms. The molecule has 1 aliphatic rings. The van der Waals surface area contributed by atoms with Crippen LogP contribution in [0.25, 0.3) is 10.9 Å². The summed E-state index contributed by atoms with van der Waals surface area (Å²) in [6.07, 6.45) is 3.03. The molecule has 1 heterocycles. The molecule has 0 spiro atoms. The maximum atomic E-state index is 13.5. The first-order chi connectivity index (χ1) is 8.19. The maximum absolute atomic E-state index is 13.5. The highest BCUT2D eigenvalue weighted by molar-refractivity contribution is 6.31. The Labute approximate surface area is 104 Å². The number of rotatable bonds is 1. The first-order valence-corrected chi connectivity index (χ1v) is 6.25. The van der Waals surface area contributed by atoms with Crippen LogP contribution in [0.15, 0.2) is 12.1 Å². The molecule has 0 unspecified atom stereocenters. The van der Waals surface area contributed by atoms with E-state index in [1.807, 2.05) is 0 Å². The minimum absolute atomic E-state index is 0.173. The zero-order valence-electron chi connectivity index (χ0n) is 9.39. The van der Waals surface area contributed by atoms with Gasteiger partial charge in [0.05, 0.1) is 5.02 Å². The van der Waals surface area contributed by atoms with Crippen molar-refractivity contribution >= 4 is 22.5 Å². The van der Waals surface area contributed by atoms with Gasteiger partial charge >= 0.3 is 0 Å². The molecular weight excluding hydrogens is 239 g/mol. The molecule has 3 N–H and O–H groups in total. The number of benzene rings is 1. The van der Waals surface area contributed by atoms with Gasteiger partial charge < -0.3 is 10.7 Å².